The van der Waals surface area contributed by atoms with Gasteiger partial charge in [0.05, 0.1) is 28.1 Å². The van der Waals surface area contributed by atoms with Crippen LogP contribution in [0.4, 0.5) is 4.39 Å². The summed E-state index contributed by atoms with van der Waals surface area (Å²) in [6, 6.07) is 47.3. The number of rotatable bonds is 5. The summed E-state index contributed by atoms with van der Waals surface area (Å²) in [6.07, 6.45) is 1.61. The fraction of sp³-hybridized carbons (Fsp3) is 0.130. The minimum atomic E-state index is -2.38. The maximum atomic E-state index is 13.8. The third-order valence-electron chi connectivity index (χ3n) is 11.5. The van der Waals surface area contributed by atoms with Crippen LogP contribution in [0.5, 0.6) is 0 Å². The van der Waals surface area contributed by atoms with Crippen LogP contribution in [0.15, 0.2) is 142 Å². The van der Waals surface area contributed by atoms with Crippen LogP contribution in [0.25, 0.3) is 94.6 Å². The summed E-state index contributed by atoms with van der Waals surface area (Å²) in [4.78, 5) is 14.4. The number of furan rings is 2. The smallest absolute Gasteiger partial charge is 0 e. The normalized spacial score (nSPS) is 12.6. The zero-order valence-corrected chi connectivity index (χ0v) is 40.0. The van der Waals surface area contributed by atoms with Crippen LogP contribution in [0.1, 0.15) is 26.4 Å². The number of hydrogen-bond donors (Lipinski definition) is 0. The van der Waals surface area contributed by atoms with Gasteiger partial charge in [0.15, 0.2) is 0 Å². The van der Waals surface area contributed by atoms with Gasteiger partial charge >= 0.3 is 114 Å². The van der Waals surface area contributed by atoms with Crippen LogP contribution in [0.2, 0.25) is 17.3 Å². The summed E-state index contributed by atoms with van der Waals surface area (Å²) in [5.41, 5.74) is 12.8. The molecule has 0 spiro atoms. The van der Waals surface area contributed by atoms with E-state index in [9.17, 15) is 4.39 Å². The number of aryl methyl sites for hydroxylation is 4. The molecule has 0 fully saturated rings. The Balaban J connectivity index is 0.000000211. The first kappa shape index (κ1) is 38.5. The summed E-state index contributed by atoms with van der Waals surface area (Å²) in [7, 11) is 0. The Morgan fingerprint density at radius 1 is 0.698 bits per heavy atom. The fourth-order valence-corrected chi connectivity index (χ4v) is 11.3. The predicted octanol–water partition coefficient (Wildman–Crippen LogP) is 13.8. The molecule has 0 aliphatic rings. The molecule has 313 valence electrons. The zero-order chi connectivity index (χ0) is 45.4. The van der Waals surface area contributed by atoms with Crippen molar-refractivity contribution < 1.29 is 37.4 Å². The molecule has 0 aliphatic carbocycles. The van der Waals surface area contributed by atoms with Crippen LogP contribution >= 0.6 is 0 Å². The van der Waals surface area contributed by atoms with Crippen molar-refractivity contribution >= 4 is 72.7 Å². The topological polar surface area (TPSA) is 69.9 Å². The first-order valence-corrected chi connectivity index (χ1v) is 27.9. The van der Waals surface area contributed by atoms with Gasteiger partial charge in [0.1, 0.15) is 11.2 Å². The van der Waals surface area contributed by atoms with Crippen LogP contribution in [0.3, 0.4) is 0 Å². The second-order valence-electron chi connectivity index (χ2n) is 16.7. The van der Waals surface area contributed by atoms with Crippen LogP contribution in [-0.2, 0) is 20.1 Å². The van der Waals surface area contributed by atoms with E-state index in [1.165, 1.54) is 12.1 Å². The molecule has 6 nitrogen and oxygen atoms in total. The quantitative estimate of drug-likeness (QED) is 0.127. The van der Waals surface area contributed by atoms with Gasteiger partial charge in [0.25, 0.3) is 0 Å². The molecule has 0 unspecified atom stereocenters. The van der Waals surface area contributed by atoms with Crippen molar-refractivity contribution in [1.82, 2.24) is 19.5 Å². The molecule has 1 radical (unpaired) electrons. The Labute approximate surface area is 385 Å². The Bertz CT molecular complexity index is 3650. The zero-order valence-electron chi connectivity index (χ0n) is 38.5. The van der Waals surface area contributed by atoms with Gasteiger partial charge < -0.3 is 13.4 Å². The van der Waals surface area contributed by atoms with Gasteiger partial charge in [-0.15, -0.1) is 17.7 Å². The number of nitrogens with zero attached hydrogens (tertiary/aromatic N) is 4. The summed E-state index contributed by atoms with van der Waals surface area (Å²) >= 11 is -2.38. The third kappa shape index (κ3) is 7.40. The van der Waals surface area contributed by atoms with Crippen LogP contribution in [0, 0.1) is 45.6 Å². The van der Waals surface area contributed by atoms with Crippen molar-refractivity contribution in [2.75, 3.05) is 0 Å². The van der Waals surface area contributed by atoms with E-state index in [0.29, 0.717) is 11.4 Å². The number of halogens is 1. The molecule has 11 rings (SSSR count). The van der Waals surface area contributed by atoms with E-state index in [2.05, 4.69) is 120 Å². The number of benzene rings is 6. The molecule has 0 aliphatic heterocycles. The van der Waals surface area contributed by atoms with E-state index in [1.807, 2.05) is 42.5 Å². The molecule has 0 amide bonds. The number of aromatic nitrogens is 4. The average molecular weight is 1070 g/mol. The molecule has 11 aromatic rings. The van der Waals surface area contributed by atoms with E-state index >= 15 is 0 Å². The number of imidazole rings is 1. The number of para-hydroxylation sites is 3. The van der Waals surface area contributed by atoms with Crippen LogP contribution < -0.4 is 4.40 Å². The molecule has 6 aromatic carbocycles. The van der Waals surface area contributed by atoms with Gasteiger partial charge in [0.2, 0.25) is 5.71 Å². The molecule has 0 bridgehead atoms. The second-order valence-corrected chi connectivity index (χ2v) is 27.3. The monoisotopic (exact) mass is 1070 g/mol. The number of pyridine rings is 2. The van der Waals surface area contributed by atoms with Crippen molar-refractivity contribution in [3.8, 4) is 39.6 Å². The Morgan fingerprint density at radius 3 is 2.27 bits per heavy atom. The van der Waals surface area contributed by atoms with Crippen molar-refractivity contribution in [2.45, 2.75) is 44.9 Å². The first-order valence-electron chi connectivity index (χ1n) is 22.0. The van der Waals surface area contributed by atoms with E-state index in [4.69, 9.17) is 22.9 Å². The average Bonchev–Trinajstić information content (AvgIpc) is 3.99. The van der Waals surface area contributed by atoms with Crippen molar-refractivity contribution in [1.29, 1.82) is 0 Å². The molecule has 0 N–H and O–H groups in total. The molecule has 0 saturated heterocycles. The maximum absolute atomic E-state index is 13.8. The molecule has 9 heteroatoms. The van der Waals surface area contributed by atoms with Gasteiger partial charge in [-0.1, -0.05) is 78.5 Å². The van der Waals surface area contributed by atoms with Gasteiger partial charge in [0, 0.05) is 53.1 Å². The molecule has 0 atom stereocenters. The SMILES string of the molecule is Cc1cc2c(oc3ccccc32)c(C)c1-n1c(-c2[c-]cc(C)c3c2oc2nc(-c4ccccc4)ccc23)nc2ccccc21.[2H]C([2H])([2H])c1cc(-c2[c-]cccc2F)nc[c]1[Ge]([CH3])([CH3])[CH3].[Ir]. The standard InChI is InChI=1S/C39H26N3O2.C15H17FGeN.Ir/c1-22-17-18-28(37-34(22)27-19-20-30(41-39(27)44-37)25-11-5-4-6-12-25)38-40-31-14-8-9-15-32(31)42(38)35-23(2)21-29-26-13-7-10-16-33(26)43-36(29)24(35)3;1-11-9-15(12-7-5-6-8-13(12)16)18-10-14(11)17(2,3)4;/h4-17,19-21H,1-3H3;5-6,8-10H,1-4H3;/q2*-1;/i;1D3;. The molecule has 5 aromatic heterocycles. The minimum Gasteiger partial charge on any atom is 0 e. The minimum absolute atomic E-state index is 0. The fourth-order valence-electron chi connectivity index (χ4n) is 8.54. The number of hydrogen-bond acceptors (Lipinski definition) is 5. The Morgan fingerprint density at radius 2 is 1.48 bits per heavy atom. The third-order valence-corrected chi connectivity index (χ3v) is 15.8. The maximum Gasteiger partial charge on any atom is 0 e. The number of fused-ring (bicyclic) bond motifs is 7. The van der Waals surface area contributed by atoms with Crippen molar-refractivity contribution in [2.24, 2.45) is 0 Å². The summed E-state index contributed by atoms with van der Waals surface area (Å²) in [5.74, 6) is 6.65. The molecular formula is C54H43FGeIrN4O2-2. The van der Waals surface area contributed by atoms with E-state index in [0.717, 1.165) is 98.7 Å². The first-order chi connectivity index (χ1) is 31.2. The van der Waals surface area contributed by atoms with Crippen LogP contribution in [-0.4, -0.2) is 32.8 Å². The molecule has 0 saturated carbocycles. The molecular weight excluding hydrogens is 1020 g/mol. The largest absolute Gasteiger partial charge is 0 e. The van der Waals surface area contributed by atoms with Gasteiger partial charge in [-0.25, -0.2) is 4.98 Å². The molecule has 5 heterocycles. The van der Waals surface area contributed by atoms with Crippen molar-refractivity contribution in [3.63, 3.8) is 0 Å². The predicted molar refractivity (Wildman–Crippen MR) is 254 cm³/mol. The van der Waals surface area contributed by atoms with E-state index < -0.39 is 25.9 Å². The van der Waals surface area contributed by atoms with E-state index in [1.54, 1.807) is 18.3 Å². The molecule has 63 heavy (non-hydrogen) atoms. The second kappa shape index (κ2) is 16.5. The van der Waals surface area contributed by atoms with Gasteiger partial charge in [-0.2, -0.15) is 0 Å². The van der Waals surface area contributed by atoms with Crippen molar-refractivity contribution in [3.05, 3.63) is 174 Å². The Hall–Kier alpha value is -6.19. The van der Waals surface area contributed by atoms with E-state index in [-0.39, 0.29) is 31.2 Å². The van der Waals surface area contributed by atoms with Gasteiger partial charge in [-0.05, 0) is 55.8 Å². The summed E-state index contributed by atoms with van der Waals surface area (Å²) < 4.78 is 53.2. The van der Waals surface area contributed by atoms with Gasteiger partial charge in [-0.3, -0.25) is 4.98 Å². The summed E-state index contributed by atoms with van der Waals surface area (Å²) in [6.45, 7) is 4.16. The summed E-state index contributed by atoms with van der Waals surface area (Å²) in [5, 5.41) is 4.24. The Kier molecular flexibility index (Phi) is 10.1.